The third-order valence-electron chi connectivity index (χ3n) is 3.29. The largest absolute Gasteiger partial charge is 0.466 e. The number of methoxy groups -OCH3 is 2. The Balaban J connectivity index is 2.81. The zero-order chi connectivity index (χ0) is 15.5. The number of fused-ring (bicyclic) bond motifs is 2. The van der Waals surface area contributed by atoms with Crippen LogP contribution in [-0.2, 0) is 19.1 Å². The zero-order valence-corrected chi connectivity index (χ0v) is 13.9. The van der Waals surface area contributed by atoms with Gasteiger partial charge in [0.1, 0.15) is 9.75 Å². The molecule has 2 aliphatic carbocycles. The normalized spacial score (nSPS) is 35.6. The van der Waals surface area contributed by atoms with E-state index in [1.165, 1.54) is 0 Å². The van der Waals surface area contributed by atoms with Crippen LogP contribution in [0.2, 0.25) is 0 Å². The summed E-state index contributed by atoms with van der Waals surface area (Å²) in [4.78, 5) is 20.5. The Bertz CT molecular complexity index is 535. The van der Waals surface area contributed by atoms with Gasteiger partial charge in [0.05, 0.1) is 40.8 Å². The van der Waals surface area contributed by atoms with Gasteiger partial charge in [0, 0.05) is 0 Å². The highest BCUT2D eigenvalue weighted by molar-refractivity contribution is 6.59. The molecule has 0 fully saturated rings. The predicted molar refractivity (Wildman–Crippen MR) is 76.6 cm³/mol. The van der Waals surface area contributed by atoms with E-state index in [0.717, 1.165) is 14.2 Å². The summed E-state index contributed by atoms with van der Waals surface area (Å²) < 4.78 is 9.25. The molecule has 2 aliphatic rings. The quantitative estimate of drug-likeness (QED) is 0.546. The van der Waals surface area contributed by atoms with Crippen molar-refractivity contribution in [1.29, 1.82) is 0 Å². The van der Waals surface area contributed by atoms with E-state index >= 15 is 0 Å². The molecule has 9 heteroatoms. The van der Waals surface area contributed by atoms with Gasteiger partial charge in [-0.2, -0.15) is 0 Å². The molecule has 2 bridgehead atoms. The smallest absolute Gasteiger partial charge is 0.336 e. The topological polar surface area (TPSA) is 52.6 Å². The predicted octanol–water partition coefficient (Wildman–Crippen LogP) is 2.91. The lowest BCUT2D eigenvalue weighted by Crippen LogP contribution is -2.37. The highest BCUT2D eigenvalue weighted by Gasteiger charge is 2.72. The van der Waals surface area contributed by atoms with Gasteiger partial charge in [0.2, 0.25) is 0 Å². The van der Waals surface area contributed by atoms with Crippen molar-refractivity contribution in [1.82, 2.24) is 0 Å². The monoisotopic (exact) mass is 378 g/mol. The first-order chi connectivity index (χ1) is 9.18. The van der Waals surface area contributed by atoms with Crippen LogP contribution in [0.5, 0.6) is 0 Å². The lowest BCUT2D eigenvalue weighted by molar-refractivity contribution is -0.139. The molecule has 0 unspecified atom stereocenters. The molecule has 0 aliphatic heterocycles. The third kappa shape index (κ3) is 1.63. The molecule has 0 N–H and O–H groups in total. The van der Waals surface area contributed by atoms with E-state index in [1.807, 2.05) is 0 Å². The number of allylic oxidation sites excluding steroid dienone is 2. The molecule has 0 saturated heterocycles. The van der Waals surface area contributed by atoms with Crippen molar-refractivity contribution in [3.05, 3.63) is 21.2 Å². The molecule has 4 nitrogen and oxygen atoms in total. The van der Waals surface area contributed by atoms with Gasteiger partial charge in [-0.3, -0.25) is 0 Å². The Morgan fingerprint density at radius 1 is 0.950 bits per heavy atom. The lowest BCUT2D eigenvalue weighted by atomic mass is 9.95. The molecule has 0 spiro atoms. The van der Waals surface area contributed by atoms with Crippen LogP contribution in [0, 0.1) is 0 Å². The summed E-state index contributed by atoms with van der Waals surface area (Å²) in [6.45, 7) is 0. The van der Waals surface area contributed by atoms with E-state index in [2.05, 4.69) is 9.47 Å². The summed E-state index contributed by atoms with van der Waals surface area (Å²) in [5.74, 6) is -1.76. The van der Waals surface area contributed by atoms with E-state index in [-0.39, 0.29) is 21.2 Å². The Hall–Kier alpha value is -0.130. The number of hydrogen-bond acceptors (Lipinski definition) is 4. The van der Waals surface area contributed by atoms with Gasteiger partial charge in [-0.25, -0.2) is 9.59 Å². The molecule has 0 saturated carbocycles. The van der Waals surface area contributed by atoms with E-state index in [0.29, 0.717) is 0 Å². The third-order valence-corrected chi connectivity index (χ3v) is 6.62. The summed E-state index contributed by atoms with van der Waals surface area (Å²) >= 11 is 31.0. The van der Waals surface area contributed by atoms with Crippen molar-refractivity contribution in [3.63, 3.8) is 0 Å². The SMILES string of the molecule is COC(=O)C1=C(C(=O)OC)[C@]2(Cl)C(Cl)=C(Cl)[C@]1(Cl)C2Cl. The summed E-state index contributed by atoms with van der Waals surface area (Å²) in [5.41, 5.74) is -0.504. The molecule has 0 amide bonds. The number of halogens is 5. The maximum absolute atomic E-state index is 12.0. The highest BCUT2D eigenvalue weighted by atomic mass is 35.5. The maximum atomic E-state index is 12.0. The van der Waals surface area contributed by atoms with Crippen LogP contribution in [0.25, 0.3) is 0 Å². The Labute approximate surface area is 139 Å². The van der Waals surface area contributed by atoms with Crippen LogP contribution in [0.3, 0.4) is 0 Å². The second-order valence-electron chi connectivity index (χ2n) is 4.15. The minimum atomic E-state index is -1.72. The Kier molecular flexibility index (Phi) is 4.03. The van der Waals surface area contributed by atoms with Gasteiger partial charge < -0.3 is 9.47 Å². The van der Waals surface area contributed by atoms with Crippen LogP contribution >= 0.6 is 58.0 Å². The molecule has 20 heavy (non-hydrogen) atoms. The summed E-state index contributed by atoms with van der Waals surface area (Å²) in [6.07, 6.45) is 0. The van der Waals surface area contributed by atoms with Gasteiger partial charge in [0.25, 0.3) is 0 Å². The van der Waals surface area contributed by atoms with Gasteiger partial charge >= 0.3 is 11.9 Å². The van der Waals surface area contributed by atoms with Crippen LogP contribution in [0.1, 0.15) is 0 Å². The zero-order valence-electron chi connectivity index (χ0n) is 10.1. The average Bonchev–Trinajstić information content (AvgIpc) is 2.70. The fourth-order valence-corrected chi connectivity index (χ4v) is 4.62. The van der Waals surface area contributed by atoms with Crippen molar-refractivity contribution < 1.29 is 19.1 Å². The minimum Gasteiger partial charge on any atom is -0.466 e. The average molecular weight is 380 g/mol. The van der Waals surface area contributed by atoms with Crippen molar-refractivity contribution in [3.8, 4) is 0 Å². The fourth-order valence-electron chi connectivity index (χ4n) is 2.36. The van der Waals surface area contributed by atoms with Crippen LogP contribution in [0.4, 0.5) is 0 Å². The van der Waals surface area contributed by atoms with Gasteiger partial charge in [-0.15, -0.1) is 34.8 Å². The Morgan fingerprint density at radius 2 is 1.25 bits per heavy atom. The molecule has 110 valence electrons. The molecular formula is C11H7Cl5O4. The number of carbonyl (C=O) groups excluding carboxylic acids is 2. The number of hydrogen-bond donors (Lipinski definition) is 0. The fraction of sp³-hybridized carbons (Fsp3) is 0.455. The summed E-state index contributed by atoms with van der Waals surface area (Å²) in [6, 6.07) is 0. The van der Waals surface area contributed by atoms with E-state index in [1.54, 1.807) is 0 Å². The van der Waals surface area contributed by atoms with Crippen molar-refractivity contribution in [2.24, 2.45) is 0 Å². The van der Waals surface area contributed by atoms with Gasteiger partial charge in [0.15, 0.2) is 0 Å². The Morgan fingerprint density at radius 3 is 1.50 bits per heavy atom. The first-order valence-corrected chi connectivity index (χ1v) is 7.13. The molecule has 0 aromatic rings. The van der Waals surface area contributed by atoms with Crippen molar-refractivity contribution in [2.75, 3.05) is 14.2 Å². The number of ether oxygens (including phenoxy) is 2. The number of alkyl halides is 3. The summed E-state index contributed by atoms with van der Waals surface area (Å²) in [5, 5.41) is -1.35. The number of esters is 2. The first kappa shape index (κ1) is 16.2. The second-order valence-corrected chi connectivity index (χ2v) is 6.53. The standard InChI is InChI=1S/C11H7Cl5O4/c1-19-7(17)3-4(8(18)20-2)11(16)6(13)5(12)10(3,15)9(11)14/h9H,1-2H3/t10-,11-/m0/s1. The molecule has 0 aromatic heterocycles. The van der Waals surface area contributed by atoms with Gasteiger partial charge in [-0.1, -0.05) is 23.2 Å². The second kappa shape index (κ2) is 4.96. The highest BCUT2D eigenvalue weighted by Crippen LogP contribution is 2.67. The molecule has 2 rings (SSSR count). The van der Waals surface area contributed by atoms with E-state index in [4.69, 9.17) is 58.0 Å². The van der Waals surface area contributed by atoms with Crippen LogP contribution < -0.4 is 0 Å². The van der Waals surface area contributed by atoms with Crippen molar-refractivity contribution in [2.45, 2.75) is 15.1 Å². The molecule has 0 heterocycles. The van der Waals surface area contributed by atoms with Gasteiger partial charge in [-0.05, 0) is 0 Å². The number of carbonyl (C=O) groups is 2. The van der Waals surface area contributed by atoms with E-state index in [9.17, 15) is 9.59 Å². The van der Waals surface area contributed by atoms with Crippen LogP contribution in [0.15, 0.2) is 21.2 Å². The van der Waals surface area contributed by atoms with Crippen molar-refractivity contribution >= 4 is 69.9 Å². The minimum absolute atomic E-state index is 0.108. The molecule has 2 atom stereocenters. The number of rotatable bonds is 2. The lowest BCUT2D eigenvalue weighted by Gasteiger charge is -2.24. The molecule has 0 radical (unpaired) electrons. The first-order valence-electron chi connectivity index (χ1n) is 5.18. The summed E-state index contributed by atoms with van der Waals surface area (Å²) in [7, 11) is 2.25. The van der Waals surface area contributed by atoms with Crippen LogP contribution in [-0.4, -0.2) is 41.3 Å². The maximum Gasteiger partial charge on any atom is 0.336 e. The molecule has 0 aromatic carbocycles. The van der Waals surface area contributed by atoms with E-state index < -0.39 is 27.1 Å². The molecular weight excluding hydrogens is 373 g/mol.